The van der Waals surface area contributed by atoms with Gasteiger partial charge in [-0.25, -0.2) is 0 Å². The first-order valence-electron chi connectivity index (χ1n) is 8.59. The summed E-state index contributed by atoms with van der Waals surface area (Å²) < 4.78 is 1.66. The lowest BCUT2D eigenvalue weighted by Crippen LogP contribution is -2.26. The molecule has 0 radical (unpaired) electrons. The third-order valence-corrected chi connectivity index (χ3v) is 5.25. The van der Waals surface area contributed by atoms with Crippen molar-refractivity contribution >= 4 is 23.4 Å². The standard InChI is InChI=1S/C20H20N4O3S/c1-14-4-7-17(8-5-14)28-19-9-6-16(10-18(19)24(26)27)20(25)22(2)12-15-11-21-23(3)13-15/h4-11,13H,12H2,1-3H3. The summed E-state index contributed by atoms with van der Waals surface area (Å²) in [6.45, 7) is 2.36. The van der Waals surface area contributed by atoms with Crippen LogP contribution >= 0.6 is 11.8 Å². The fraction of sp³-hybridized carbons (Fsp3) is 0.200. The lowest BCUT2D eigenvalue weighted by atomic mass is 10.1. The highest BCUT2D eigenvalue weighted by Crippen LogP contribution is 2.35. The van der Waals surface area contributed by atoms with Crippen LogP contribution in [0.3, 0.4) is 0 Å². The van der Waals surface area contributed by atoms with Crippen molar-refractivity contribution in [3.05, 3.63) is 81.7 Å². The number of amides is 1. The monoisotopic (exact) mass is 396 g/mol. The molecule has 144 valence electrons. The highest BCUT2D eigenvalue weighted by Gasteiger charge is 2.20. The van der Waals surface area contributed by atoms with Crippen LogP contribution in [-0.2, 0) is 13.6 Å². The van der Waals surface area contributed by atoms with E-state index in [1.165, 1.54) is 22.7 Å². The van der Waals surface area contributed by atoms with Crippen molar-refractivity contribution in [1.29, 1.82) is 0 Å². The third-order valence-electron chi connectivity index (χ3n) is 4.18. The molecule has 0 aliphatic carbocycles. The van der Waals surface area contributed by atoms with Crippen LogP contribution in [0, 0.1) is 17.0 Å². The number of aryl methyl sites for hydroxylation is 2. The minimum absolute atomic E-state index is 0.0776. The highest BCUT2D eigenvalue weighted by molar-refractivity contribution is 7.99. The second-order valence-corrected chi connectivity index (χ2v) is 7.65. The predicted molar refractivity (Wildman–Crippen MR) is 107 cm³/mol. The molecule has 8 heteroatoms. The van der Waals surface area contributed by atoms with Gasteiger partial charge in [-0.2, -0.15) is 5.10 Å². The number of hydrogen-bond acceptors (Lipinski definition) is 5. The van der Waals surface area contributed by atoms with Crippen LogP contribution in [0.2, 0.25) is 0 Å². The predicted octanol–water partition coefficient (Wildman–Crippen LogP) is 4.06. The summed E-state index contributed by atoms with van der Waals surface area (Å²) in [4.78, 5) is 26.7. The molecule has 0 spiro atoms. The van der Waals surface area contributed by atoms with Gasteiger partial charge in [-0.3, -0.25) is 19.6 Å². The molecule has 0 aliphatic rings. The van der Waals surface area contributed by atoms with Gasteiger partial charge in [0, 0.05) is 48.9 Å². The molecule has 28 heavy (non-hydrogen) atoms. The fourth-order valence-electron chi connectivity index (χ4n) is 2.73. The normalized spacial score (nSPS) is 10.7. The van der Waals surface area contributed by atoms with Gasteiger partial charge in [0.1, 0.15) is 0 Å². The molecule has 7 nitrogen and oxygen atoms in total. The molecule has 0 saturated heterocycles. The summed E-state index contributed by atoms with van der Waals surface area (Å²) in [6, 6.07) is 12.4. The van der Waals surface area contributed by atoms with Crippen LogP contribution < -0.4 is 0 Å². The maximum atomic E-state index is 12.7. The lowest BCUT2D eigenvalue weighted by molar-refractivity contribution is -0.387. The van der Waals surface area contributed by atoms with E-state index < -0.39 is 4.92 Å². The maximum Gasteiger partial charge on any atom is 0.284 e. The molecule has 0 unspecified atom stereocenters. The van der Waals surface area contributed by atoms with Crippen LogP contribution in [-0.4, -0.2) is 32.6 Å². The van der Waals surface area contributed by atoms with E-state index in [-0.39, 0.29) is 17.2 Å². The van der Waals surface area contributed by atoms with Crippen molar-refractivity contribution in [3.63, 3.8) is 0 Å². The number of hydrogen-bond donors (Lipinski definition) is 0. The Bertz CT molecular complexity index is 1010. The molecular weight excluding hydrogens is 376 g/mol. The number of nitrogens with zero attached hydrogens (tertiary/aromatic N) is 4. The first-order valence-corrected chi connectivity index (χ1v) is 9.41. The molecule has 3 aromatic rings. The van der Waals surface area contributed by atoms with Crippen molar-refractivity contribution in [3.8, 4) is 0 Å². The van der Waals surface area contributed by atoms with Gasteiger partial charge in [0.15, 0.2) is 0 Å². The third kappa shape index (κ3) is 4.58. The number of carbonyl (C=O) groups is 1. The molecule has 0 saturated carbocycles. The van der Waals surface area contributed by atoms with Crippen molar-refractivity contribution in [2.24, 2.45) is 7.05 Å². The fourth-order valence-corrected chi connectivity index (χ4v) is 3.63. The zero-order valence-corrected chi connectivity index (χ0v) is 16.6. The quantitative estimate of drug-likeness (QED) is 0.464. The first-order chi connectivity index (χ1) is 13.3. The molecule has 3 rings (SSSR count). The van der Waals surface area contributed by atoms with Crippen molar-refractivity contribution in [2.75, 3.05) is 7.05 Å². The van der Waals surface area contributed by atoms with Crippen molar-refractivity contribution < 1.29 is 9.72 Å². The summed E-state index contributed by atoms with van der Waals surface area (Å²) in [5.74, 6) is -0.279. The molecule has 0 bridgehead atoms. The van der Waals surface area contributed by atoms with Gasteiger partial charge in [-0.15, -0.1) is 0 Å². The minimum Gasteiger partial charge on any atom is -0.337 e. The summed E-state index contributed by atoms with van der Waals surface area (Å²) in [5, 5.41) is 15.6. The molecule has 1 amide bonds. The number of carbonyl (C=O) groups excluding carboxylic acids is 1. The molecule has 2 aromatic carbocycles. The van der Waals surface area contributed by atoms with Gasteiger partial charge in [-0.1, -0.05) is 29.5 Å². The van der Waals surface area contributed by atoms with E-state index in [1.54, 1.807) is 37.1 Å². The largest absolute Gasteiger partial charge is 0.337 e. The first kappa shape index (κ1) is 19.6. The average molecular weight is 396 g/mol. The van der Waals surface area contributed by atoms with Gasteiger partial charge in [0.05, 0.1) is 16.0 Å². The van der Waals surface area contributed by atoms with E-state index in [2.05, 4.69) is 5.10 Å². The van der Waals surface area contributed by atoms with Crippen LogP contribution in [0.25, 0.3) is 0 Å². The Morgan fingerprint density at radius 3 is 2.57 bits per heavy atom. The van der Waals surface area contributed by atoms with E-state index in [1.807, 2.05) is 37.4 Å². The summed E-state index contributed by atoms with van der Waals surface area (Å²) in [6.07, 6.45) is 3.51. The van der Waals surface area contributed by atoms with E-state index in [0.29, 0.717) is 11.4 Å². The molecule has 1 heterocycles. The Balaban J connectivity index is 1.82. The maximum absolute atomic E-state index is 12.7. The number of nitro groups is 1. The summed E-state index contributed by atoms with van der Waals surface area (Å²) in [7, 11) is 3.47. The molecule has 0 atom stereocenters. The second-order valence-electron chi connectivity index (χ2n) is 6.54. The minimum atomic E-state index is -0.450. The SMILES string of the molecule is Cc1ccc(Sc2ccc(C(=O)N(C)Cc3cnn(C)c3)cc2[N+](=O)[O-])cc1. The van der Waals surface area contributed by atoms with Gasteiger partial charge in [-0.05, 0) is 31.2 Å². The second kappa shape index (κ2) is 8.26. The molecule has 0 N–H and O–H groups in total. The number of benzene rings is 2. The van der Waals surface area contributed by atoms with Crippen LogP contribution in [0.15, 0.2) is 64.6 Å². The number of nitro benzene ring substituents is 1. The van der Waals surface area contributed by atoms with Gasteiger partial charge >= 0.3 is 0 Å². The van der Waals surface area contributed by atoms with E-state index >= 15 is 0 Å². The topological polar surface area (TPSA) is 81.3 Å². The van der Waals surface area contributed by atoms with Crippen LogP contribution in [0.5, 0.6) is 0 Å². The number of rotatable bonds is 6. The average Bonchev–Trinajstić information content (AvgIpc) is 3.07. The summed E-state index contributed by atoms with van der Waals surface area (Å²) in [5.41, 5.74) is 2.22. The van der Waals surface area contributed by atoms with Crippen molar-refractivity contribution in [1.82, 2.24) is 14.7 Å². The lowest BCUT2D eigenvalue weighted by Gasteiger charge is -2.16. The molecule has 0 fully saturated rings. The van der Waals surface area contributed by atoms with E-state index in [9.17, 15) is 14.9 Å². The smallest absolute Gasteiger partial charge is 0.284 e. The Hall–Kier alpha value is -3.13. The Labute approximate surface area is 167 Å². The Morgan fingerprint density at radius 1 is 1.25 bits per heavy atom. The Morgan fingerprint density at radius 2 is 1.96 bits per heavy atom. The van der Waals surface area contributed by atoms with E-state index in [4.69, 9.17) is 0 Å². The molecule has 1 aromatic heterocycles. The summed E-state index contributed by atoms with van der Waals surface area (Å²) >= 11 is 1.31. The van der Waals surface area contributed by atoms with Gasteiger partial charge < -0.3 is 4.90 Å². The van der Waals surface area contributed by atoms with E-state index in [0.717, 1.165) is 16.0 Å². The Kier molecular flexibility index (Phi) is 5.79. The van der Waals surface area contributed by atoms with Gasteiger partial charge in [0.2, 0.25) is 0 Å². The van der Waals surface area contributed by atoms with Crippen LogP contribution in [0.4, 0.5) is 5.69 Å². The number of aromatic nitrogens is 2. The van der Waals surface area contributed by atoms with Crippen molar-refractivity contribution in [2.45, 2.75) is 23.3 Å². The van der Waals surface area contributed by atoms with Crippen LogP contribution in [0.1, 0.15) is 21.5 Å². The molecule has 0 aliphatic heterocycles. The van der Waals surface area contributed by atoms with Gasteiger partial charge in [0.25, 0.3) is 11.6 Å². The highest BCUT2D eigenvalue weighted by atomic mass is 32.2. The zero-order valence-electron chi connectivity index (χ0n) is 15.8. The zero-order chi connectivity index (χ0) is 20.3. The molecular formula is C20H20N4O3S.